The molecule has 20 heavy (non-hydrogen) atoms. The van der Waals surface area contributed by atoms with Crippen molar-refractivity contribution in [3.8, 4) is 0 Å². The predicted octanol–water partition coefficient (Wildman–Crippen LogP) is 3.48. The monoisotopic (exact) mass is 292 g/mol. The highest BCUT2D eigenvalue weighted by atomic mass is 32.1. The van der Waals surface area contributed by atoms with E-state index in [2.05, 4.69) is 4.98 Å². The number of fused-ring (bicyclic) bond motifs is 1. The second-order valence-electron chi connectivity index (χ2n) is 3.73. The van der Waals surface area contributed by atoms with Crippen molar-refractivity contribution >= 4 is 36.4 Å². The number of aromatic amines is 1. The fourth-order valence-corrected chi connectivity index (χ4v) is 2.09. The van der Waals surface area contributed by atoms with Crippen LogP contribution in [0.3, 0.4) is 0 Å². The van der Waals surface area contributed by atoms with E-state index in [9.17, 15) is 4.79 Å². The van der Waals surface area contributed by atoms with E-state index < -0.39 is 0 Å². The molecule has 0 aliphatic heterocycles. The Morgan fingerprint density at radius 1 is 1.30 bits per heavy atom. The van der Waals surface area contributed by atoms with Crippen molar-refractivity contribution in [2.24, 2.45) is 0 Å². The van der Waals surface area contributed by atoms with Crippen LogP contribution in [0.2, 0.25) is 0 Å². The number of H-pyrrole nitrogens is 1. The highest BCUT2D eigenvalue weighted by Crippen LogP contribution is 2.11. The van der Waals surface area contributed by atoms with Crippen LogP contribution in [0.15, 0.2) is 16.9 Å². The summed E-state index contributed by atoms with van der Waals surface area (Å²) in [5, 5.41) is 0.819. The van der Waals surface area contributed by atoms with E-state index >= 15 is 0 Å². The summed E-state index contributed by atoms with van der Waals surface area (Å²) in [5.41, 5.74) is 2.19. The minimum absolute atomic E-state index is 0. The van der Waals surface area contributed by atoms with Gasteiger partial charge in [-0.1, -0.05) is 57.0 Å². The Hall–Kier alpha value is -1.36. The molecule has 1 aromatic heterocycles. The van der Waals surface area contributed by atoms with Gasteiger partial charge in [-0.2, -0.15) is 0 Å². The van der Waals surface area contributed by atoms with Crippen LogP contribution in [-0.2, 0) is 6.54 Å². The van der Waals surface area contributed by atoms with Crippen molar-refractivity contribution in [2.75, 3.05) is 0 Å². The third-order valence-electron chi connectivity index (χ3n) is 2.68. The zero-order valence-corrected chi connectivity index (χ0v) is 14.0. The fourth-order valence-electron chi connectivity index (χ4n) is 1.71. The molecule has 0 saturated carbocycles. The van der Waals surface area contributed by atoms with Gasteiger partial charge in [0.2, 0.25) is 0 Å². The van der Waals surface area contributed by atoms with Crippen LogP contribution in [0.1, 0.15) is 41.6 Å². The summed E-state index contributed by atoms with van der Waals surface area (Å²) in [4.78, 5) is 14.5. The zero-order chi connectivity index (χ0) is 15.9. The Morgan fingerprint density at radius 2 is 1.85 bits per heavy atom. The van der Waals surface area contributed by atoms with Gasteiger partial charge in [-0.3, -0.25) is 4.57 Å². The van der Waals surface area contributed by atoms with Gasteiger partial charge < -0.3 is 4.98 Å². The lowest BCUT2D eigenvalue weighted by Crippen LogP contribution is -2.23. The number of aromatic nitrogens is 2. The second kappa shape index (κ2) is 8.74. The summed E-state index contributed by atoms with van der Waals surface area (Å²) in [6.45, 7) is 12.3. The Balaban J connectivity index is 0. The van der Waals surface area contributed by atoms with E-state index in [4.69, 9.17) is 20.1 Å². The molecule has 2 radical (unpaired) electrons. The Morgan fingerprint density at radius 3 is 2.35 bits per heavy atom. The molecule has 110 valence electrons. The molecular weight excluding hydrogens is 267 g/mol. The smallest absolute Gasteiger partial charge is 0.307 e. The van der Waals surface area contributed by atoms with Crippen LogP contribution in [0.5, 0.6) is 0 Å². The first-order valence-electron chi connectivity index (χ1n) is 7.07. The molecule has 0 aliphatic carbocycles. The molecule has 0 saturated heterocycles. The van der Waals surface area contributed by atoms with Gasteiger partial charge >= 0.3 is 5.69 Å². The van der Waals surface area contributed by atoms with Crippen molar-refractivity contribution in [1.82, 2.24) is 9.55 Å². The SMILES string of the molecule is CC.CC.[B]c1cc2c(=S)n(CC)c(=O)[nH]c2cc1C.[HH]. The average Bonchev–Trinajstić information content (AvgIpc) is 2.46. The van der Waals surface area contributed by atoms with Crippen molar-refractivity contribution in [1.29, 1.82) is 0 Å². The maximum atomic E-state index is 11.7. The van der Waals surface area contributed by atoms with Crippen LogP contribution < -0.4 is 11.2 Å². The molecule has 5 heteroatoms. The highest BCUT2D eigenvalue weighted by Gasteiger charge is 2.04. The molecule has 1 N–H and O–H groups in total. The molecule has 0 unspecified atom stereocenters. The van der Waals surface area contributed by atoms with Crippen molar-refractivity contribution in [2.45, 2.75) is 48.1 Å². The first-order chi connectivity index (χ1) is 9.54. The van der Waals surface area contributed by atoms with E-state index in [-0.39, 0.29) is 7.12 Å². The molecule has 0 spiro atoms. The van der Waals surface area contributed by atoms with Crippen molar-refractivity contribution in [3.63, 3.8) is 0 Å². The predicted molar refractivity (Wildman–Crippen MR) is 94.0 cm³/mol. The molecule has 1 heterocycles. The van der Waals surface area contributed by atoms with Gasteiger partial charge in [-0.05, 0) is 19.9 Å². The summed E-state index contributed by atoms with van der Waals surface area (Å²) in [7, 11) is 5.84. The van der Waals surface area contributed by atoms with Gasteiger partial charge in [0, 0.05) is 13.4 Å². The van der Waals surface area contributed by atoms with Crippen LogP contribution in [-0.4, -0.2) is 17.4 Å². The second-order valence-corrected chi connectivity index (χ2v) is 4.12. The Labute approximate surface area is 128 Å². The normalized spacial score (nSPS) is 9.30. The largest absolute Gasteiger partial charge is 0.326 e. The molecule has 0 bridgehead atoms. The molecule has 2 rings (SSSR count). The summed E-state index contributed by atoms with van der Waals surface area (Å²) in [6.07, 6.45) is 0. The van der Waals surface area contributed by atoms with Gasteiger partial charge in [-0.15, -0.1) is 0 Å². The molecule has 0 fully saturated rings. The Kier molecular flexibility index (Phi) is 8.15. The average molecular weight is 292 g/mol. The minimum Gasteiger partial charge on any atom is -0.307 e. The molecule has 3 nitrogen and oxygen atoms in total. The third kappa shape index (κ3) is 3.82. The highest BCUT2D eigenvalue weighted by molar-refractivity contribution is 7.71. The quantitative estimate of drug-likeness (QED) is 0.645. The van der Waals surface area contributed by atoms with Crippen molar-refractivity contribution < 1.29 is 1.43 Å². The van der Waals surface area contributed by atoms with Gasteiger partial charge in [0.15, 0.2) is 0 Å². The van der Waals surface area contributed by atoms with Gasteiger partial charge in [0.25, 0.3) is 0 Å². The zero-order valence-electron chi connectivity index (χ0n) is 13.2. The topological polar surface area (TPSA) is 37.8 Å². The Bertz CT molecular complexity index is 680. The molecule has 0 amide bonds. The van der Waals surface area contributed by atoms with Crippen LogP contribution in [0.25, 0.3) is 10.9 Å². The third-order valence-corrected chi connectivity index (χ3v) is 3.13. The maximum Gasteiger partial charge on any atom is 0.326 e. The van der Waals surface area contributed by atoms with Crippen molar-refractivity contribution in [3.05, 3.63) is 32.8 Å². The van der Waals surface area contributed by atoms with E-state index in [1.165, 1.54) is 4.57 Å². The standard InChI is InChI=1S/C11H11BN2OS.2C2H6.H2/c1-3-14-10(16)7-5-8(12)6(2)4-9(7)13-11(14)15;2*1-2;/h4-5H,3H2,1-2H3,(H,13,15);2*1-2H3;1H. The summed E-state index contributed by atoms with van der Waals surface area (Å²) in [6, 6.07) is 3.66. The first kappa shape index (κ1) is 18.6. The summed E-state index contributed by atoms with van der Waals surface area (Å²) < 4.78 is 2.06. The van der Waals surface area contributed by atoms with E-state index in [0.29, 0.717) is 16.6 Å². The van der Waals surface area contributed by atoms with Gasteiger partial charge in [0.1, 0.15) is 12.5 Å². The number of aryl methyl sites for hydroxylation is 1. The minimum atomic E-state index is -0.177. The van der Waals surface area contributed by atoms with Crippen LogP contribution in [0.4, 0.5) is 0 Å². The summed E-state index contributed by atoms with van der Waals surface area (Å²) in [5.74, 6) is 0. The van der Waals surface area contributed by atoms with E-state index in [0.717, 1.165) is 16.5 Å². The van der Waals surface area contributed by atoms with E-state index in [1.54, 1.807) is 0 Å². The number of nitrogens with zero attached hydrogens (tertiary/aromatic N) is 1. The molecule has 0 atom stereocenters. The van der Waals surface area contributed by atoms with E-state index in [1.807, 2.05) is 53.7 Å². The number of hydrogen-bond donors (Lipinski definition) is 1. The first-order valence-corrected chi connectivity index (χ1v) is 7.48. The lowest BCUT2D eigenvalue weighted by atomic mass is 9.90. The number of benzene rings is 1. The lowest BCUT2D eigenvalue weighted by Gasteiger charge is -2.08. The summed E-state index contributed by atoms with van der Waals surface area (Å²) >= 11 is 5.27. The van der Waals surface area contributed by atoms with Crippen LogP contribution in [0, 0.1) is 11.6 Å². The number of rotatable bonds is 1. The van der Waals surface area contributed by atoms with Gasteiger partial charge in [0.05, 0.1) is 5.52 Å². The number of nitrogens with one attached hydrogen (secondary N) is 1. The maximum absolute atomic E-state index is 11.7. The van der Waals surface area contributed by atoms with Gasteiger partial charge in [-0.25, -0.2) is 4.79 Å². The molecular formula is C15H25BN2OS. The van der Waals surface area contributed by atoms with Crippen LogP contribution >= 0.6 is 12.2 Å². The fraction of sp³-hybridized carbons (Fsp3) is 0.467. The lowest BCUT2D eigenvalue weighted by molar-refractivity contribution is 0.699. The number of hydrogen-bond acceptors (Lipinski definition) is 2. The molecule has 0 aliphatic rings. The molecule has 1 aromatic carbocycles. The molecule has 2 aromatic rings.